The van der Waals surface area contributed by atoms with Gasteiger partial charge in [0.15, 0.2) is 10.8 Å². The number of aromatic nitrogens is 3. The van der Waals surface area contributed by atoms with Crippen molar-refractivity contribution in [2.45, 2.75) is 0 Å². The van der Waals surface area contributed by atoms with Crippen LogP contribution in [0.5, 0.6) is 0 Å². The van der Waals surface area contributed by atoms with Crippen molar-refractivity contribution in [1.29, 1.82) is 0 Å². The molecule has 0 aliphatic rings. The van der Waals surface area contributed by atoms with Crippen molar-refractivity contribution in [2.75, 3.05) is 5.32 Å². The third kappa shape index (κ3) is 2.34. The van der Waals surface area contributed by atoms with Crippen molar-refractivity contribution in [3.63, 3.8) is 0 Å². The predicted molar refractivity (Wildman–Crippen MR) is 91.0 cm³/mol. The molecule has 22 heavy (non-hydrogen) atoms. The van der Waals surface area contributed by atoms with Gasteiger partial charge in [-0.3, -0.25) is 0 Å². The number of hydrogen-bond acceptors (Lipinski definition) is 4. The quantitative estimate of drug-likeness (QED) is 0.585. The minimum atomic E-state index is 0.417. The molecule has 4 rings (SSSR count). The van der Waals surface area contributed by atoms with Crippen LogP contribution >= 0.6 is 22.9 Å². The Bertz CT molecular complexity index is 916. The molecule has 1 N–H and O–H groups in total. The summed E-state index contributed by atoms with van der Waals surface area (Å²) in [6, 6.07) is 13.7. The number of imidazole rings is 1. The van der Waals surface area contributed by atoms with Gasteiger partial charge in [-0.25, -0.2) is 9.50 Å². The van der Waals surface area contributed by atoms with Gasteiger partial charge in [-0.2, -0.15) is 16.4 Å². The zero-order valence-corrected chi connectivity index (χ0v) is 13.0. The predicted octanol–water partition coefficient (Wildman–Crippen LogP) is 4.85. The number of benzene rings is 1. The zero-order chi connectivity index (χ0) is 14.9. The summed E-state index contributed by atoms with van der Waals surface area (Å²) in [5, 5.41) is 12.2. The Morgan fingerprint density at radius 2 is 2.00 bits per heavy atom. The van der Waals surface area contributed by atoms with Gasteiger partial charge in [0.1, 0.15) is 0 Å². The lowest BCUT2D eigenvalue weighted by Gasteiger charge is -2.08. The first kappa shape index (κ1) is 13.3. The molecule has 0 fully saturated rings. The Morgan fingerprint density at radius 3 is 2.77 bits per heavy atom. The highest BCUT2D eigenvalue weighted by Crippen LogP contribution is 2.28. The standard InChI is InChI=1S/C16H11ClN4S/c17-15-8-13(19-12-4-2-1-3-5-12)16-18-9-14(21(16)20-15)11-6-7-22-10-11/h1-10,19H. The van der Waals surface area contributed by atoms with E-state index in [2.05, 4.69) is 20.8 Å². The molecule has 0 atom stereocenters. The first-order valence-electron chi connectivity index (χ1n) is 6.70. The van der Waals surface area contributed by atoms with Crippen molar-refractivity contribution in [1.82, 2.24) is 14.6 Å². The second kappa shape index (κ2) is 5.44. The highest BCUT2D eigenvalue weighted by atomic mass is 35.5. The van der Waals surface area contributed by atoms with Gasteiger partial charge in [0.2, 0.25) is 0 Å². The fourth-order valence-corrected chi connectivity index (χ4v) is 3.15. The van der Waals surface area contributed by atoms with E-state index in [-0.39, 0.29) is 0 Å². The average molecular weight is 327 g/mol. The normalized spacial score (nSPS) is 11.0. The summed E-state index contributed by atoms with van der Waals surface area (Å²) in [7, 11) is 0. The lowest BCUT2D eigenvalue weighted by atomic mass is 10.3. The van der Waals surface area contributed by atoms with Gasteiger partial charge in [0, 0.05) is 22.7 Å². The number of rotatable bonds is 3. The molecule has 0 radical (unpaired) electrons. The van der Waals surface area contributed by atoms with E-state index in [0.29, 0.717) is 5.15 Å². The summed E-state index contributed by atoms with van der Waals surface area (Å²) in [6.45, 7) is 0. The molecule has 0 amide bonds. The van der Waals surface area contributed by atoms with Crippen LogP contribution in [0.15, 0.2) is 59.4 Å². The Kier molecular flexibility index (Phi) is 3.29. The fourth-order valence-electron chi connectivity index (χ4n) is 2.31. The topological polar surface area (TPSA) is 42.2 Å². The molecule has 0 saturated carbocycles. The molecule has 0 aliphatic carbocycles. The summed E-state index contributed by atoms with van der Waals surface area (Å²) in [5.74, 6) is 0. The van der Waals surface area contributed by atoms with Crippen LogP contribution in [-0.2, 0) is 0 Å². The second-order valence-electron chi connectivity index (χ2n) is 4.76. The highest BCUT2D eigenvalue weighted by molar-refractivity contribution is 7.08. The molecular weight excluding hydrogens is 316 g/mol. The van der Waals surface area contributed by atoms with Crippen molar-refractivity contribution in [2.24, 2.45) is 0 Å². The SMILES string of the molecule is Clc1cc(Nc2ccccc2)c2ncc(-c3ccsc3)n2n1. The molecule has 3 heterocycles. The number of anilines is 2. The lowest BCUT2D eigenvalue weighted by molar-refractivity contribution is 0.945. The number of nitrogens with zero attached hydrogens (tertiary/aromatic N) is 3. The maximum Gasteiger partial charge on any atom is 0.178 e. The van der Waals surface area contributed by atoms with E-state index in [1.165, 1.54) is 0 Å². The van der Waals surface area contributed by atoms with Crippen molar-refractivity contribution < 1.29 is 0 Å². The Morgan fingerprint density at radius 1 is 1.14 bits per heavy atom. The number of thiophene rings is 1. The molecule has 0 spiro atoms. The van der Waals surface area contributed by atoms with Crippen LogP contribution in [0.4, 0.5) is 11.4 Å². The van der Waals surface area contributed by atoms with Gasteiger partial charge in [-0.1, -0.05) is 29.8 Å². The number of nitrogens with one attached hydrogen (secondary N) is 1. The summed E-state index contributed by atoms with van der Waals surface area (Å²) in [5.41, 5.74) is 4.56. The molecule has 3 aromatic heterocycles. The van der Waals surface area contributed by atoms with E-state index in [9.17, 15) is 0 Å². The minimum Gasteiger partial charge on any atom is -0.352 e. The van der Waals surface area contributed by atoms with Gasteiger partial charge in [0.05, 0.1) is 17.6 Å². The Balaban J connectivity index is 1.86. The first-order valence-corrected chi connectivity index (χ1v) is 8.02. The van der Waals surface area contributed by atoms with Crippen molar-refractivity contribution in [3.05, 3.63) is 64.6 Å². The van der Waals surface area contributed by atoms with Crippen LogP contribution in [0.2, 0.25) is 5.15 Å². The van der Waals surface area contributed by atoms with E-state index in [1.807, 2.05) is 48.0 Å². The third-order valence-corrected chi connectivity index (χ3v) is 4.18. The van der Waals surface area contributed by atoms with Gasteiger partial charge >= 0.3 is 0 Å². The third-order valence-electron chi connectivity index (χ3n) is 3.31. The molecule has 0 unspecified atom stereocenters. The summed E-state index contributed by atoms with van der Waals surface area (Å²) in [6.07, 6.45) is 1.82. The van der Waals surface area contributed by atoms with Crippen LogP contribution in [0, 0.1) is 0 Å². The molecule has 1 aromatic carbocycles. The smallest absolute Gasteiger partial charge is 0.178 e. The van der Waals surface area contributed by atoms with E-state index in [1.54, 1.807) is 21.9 Å². The summed E-state index contributed by atoms with van der Waals surface area (Å²) in [4.78, 5) is 4.50. The Hall–Kier alpha value is -2.37. The number of hydrogen-bond donors (Lipinski definition) is 1. The molecule has 4 aromatic rings. The van der Waals surface area contributed by atoms with E-state index in [0.717, 1.165) is 28.3 Å². The van der Waals surface area contributed by atoms with Crippen LogP contribution < -0.4 is 5.32 Å². The molecule has 108 valence electrons. The maximum absolute atomic E-state index is 6.18. The number of fused-ring (bicyclic) bond motifs is 1. The molecule has 4 nitrogen and oxygen atoms in total. The molecule has 0 saturated heterocycles. The minimum absolute atomic E-state index is 0.417. The molecule has 0 bridgehead atoms. The average Bonchev–Trinajstić information content (AvgIpc) is 3.16. The Labute approximate surface area is 136 Å². The highest BCUT2D eigenvalue weighted by Gasteiger charge is 2.12. The van der Waals surface area contributed by atoms with E-state index in [4.69, 9.17) is 11.6 Å². The number of halogens is 1. The van der Waals surface area contributed by atoms with Crippen LogP contribution in [0.1, 0.15) is 0 Å². The van der Waals surface area contributed by atoms with Gasteiger partial charge < -0.3 is 5.32 Å². The summed E-state index contributed by atoms with van der Waals surface area (Å²) < 4.78 is 1.77. The van der Waals surface area contributed by atoms with Crippen LogP contribution in [-0.4, -0.2) is 14.6 Å². The van der Waals surface area contributed by atoms with Crippen molar-refractivity contribution >= 4 is 40.0 Å². The summed E-state index contributed by atoms with van der Waals surface area (Å²) >= 11 is 7.82. The number of para-hydroxylation sites is 1. The zero-order valence-electron chi connectivity index (χ0n) is 11.4. The van der Waals surface area contributed by atoms with E-state index < -0.39 is 0 Å². The monoisotopic (exact) mass is 326 g/mol. The van der Waals surface area contributed by atoms with Crippen LogP contribution in [0.25, 0.3) is 16.9 Å². The molecule has 6 heteroatoms. The van der Waals surface area contributed by atoms with Crippen LogP contribution in [0.3, 0.4) is 0 Å². The van der Waals surface area contributed by atoms with Gasteiger partial charge in [-0.15, -0.1) is 0 Å². The van der Waals surface area contributed by atoms with Gasteiger partial charge in [0.25, 0.3) is 0 Å². The van der Waals surface area contributed by atoms with Gasteiger partial charge in [-0.05, 0) is 23.6 Å². The van der Waals surface area contributed by atoms with Crippen molar-refractivity contribution in [3.8, 4) is 11.3 Å². The lowest BCUT2D eigenvalue weighted by Crippen LogP contribution is -1.99. The maximum atomic E-state index is 6.18. The molecule has 0 aliphatic heterocycles. The van der Waals surface area contributed by atoms with E-state index >= 15 is 0 Å². The molecular formula is C16H11ClN4S. The fraction of sp³-hybridized carbons (Fsp3) is 0. The largest absolute Gasteiger partial charge is 0.352 e. The first-order chi connectivity index (χ1) is 10.8. The second-order valence-corrected chi connectivity index (χ2v) is 5.93.